The molecule has 0 aliphatic heterocycles. The molecule has 0 aromatic carbocycles. The monoisotopic (exact) mass is 239 g/mol. The molecule has 1 aromatic rings. The van der Waals surface area contributed by atoms with Gasteiger partial charge in [-0.25, -0.2) is 0 Å². The summed E-state index contributed by atoms with van der Waals surface area (Å²) >= 11 is 0. The minimum absolute atomic E-state index is 0.0349. The molecule has 96 valence electrons. The minimum Gasteiger partial charge on any atom is -0.481 e. The zero-order chi connectivity index (χ0) is 13.0. The number of carbonyl (C=O) groups is 1. The first-order chi connectivity index (χ1) is 7.93. The Morgan fingerprint density at radius 1 is 1.65 bits per heavy atom. The Bertz CT molecular complexity index is 387. The van der Waals surface area contributed by atoms with Crippen molar-refractivity contribution in [1.29, 1.82) is 0 Å². The molecule has 1 atom stereocenters. The van der Waals surface area contributed by atoms with E-state index < -0.39 is 5.97 Å². The van der Waals surface area contributed by atoms with Gasteiger partial charge in [0.05, 0.1) is 17.8 Å². The van der Waals surface area contributed by atoms with Gasteiger partial charge in [-0.1, -0.05) is 6.92 Å². The van der Waals surface area contributed by atoms with Crippen LogP contribution in [-0.2, 0) is 18.4 Å². The average Bonchev–Trinajstić information content (AvgIpc) is 2.52. The van der Waals surface area contributed by atoms with E-state index in [0.29, 0.717) is 0 Å². The van der Waals surface area contributed by atoms with Crippen LogP contribution in [0.5, 0.6) is 0 Å². The van der Waals surface area contributed by atoms with Crippen LogP contribution in [0.2, 0.25) is 0 Å². The third kappa shape index (κ3) is 3.85. The van der Waals surface area contributed by atoms with Crippen LogP contribution < -0.4 is 0 Å². The van der Waals surface area contributed by atoms with Crippen molar-refractivity contribution >= 4 is 5.97 Å². The fraction of sp³-hybridized carbons (Fsp3) is 0.667. The molecule has 0 aliphatic carbocycles. The van der Waals surface area contributed by atoms with Gasteiger partial charge in [0.1, 0.15) is 0 Å². The number of aryl methyl sites for hydroxylation is 2. The first-order valence-corrected chi connectivity index (χ1v) is 5.89. The lowest BCUT2D eigenvalue weighted by atomic mass is 10.2. The van der Waals surface area contributed by atoms with Crippen LogP contribution in [0.4, 0.5) is 0 Å². The highest BCUT2D eigenvalue weighted by molar-refractivity contribution is 5.67. The van der Waals surface area contributed by atoms with Gasteiger partial charge in [0, 0.05) is 19.6 Å². The number of carboxylic acids is 1. The van der Waals surface area contributed by atoms with Gasteiger partial charge in [-0.05, 0) is 26.5 Å². The van der Waals surface area contributed by atoms with Crippen LogP contribution in [0, 0.1) is 6.92 Å². The topological polar surface area (TPSA) is 58.4 Å². The van der Waals surface area contributed by atoms with Gasteiger partial charge in [0.2, 0.25) is 0 Å². The van der Waals surface area contributed by atoms with E-state index in [1.807, 2.05) is 38.6 Å². The zero-order valence-corrected chi connectivity index (χ0v) is 11.0. The minimum atomic E-state index is -0.753. The summed E-state index contributed by atoms with van der Waals surface area (Å²) in [5.74, 6) is -0.753. The van der Waals surface area contributed by atoms with E-state index in [-0.39, 0.29) is 12.5 Å². The molecule has 1 unspecified atom stereocenters. The first kappa shape index (κ1) is 13.7. The largest absolute Gasteiger partial charge is 0.481 e. The van der Waals surface area contributed by atoms with Crippen LogP contribution >= 0.6 is 0 Å². The molecule has 5 nitrogen and oxygen atoms in total. The molecule has 5 heteroatoms. The van der Waals surface area contributed by atoms with Gasteiger partial charge < -0.3 is 5.11 Å². The van der Waals surface area contributed by atoms with Crippen molar-refractivity contribution in [2.24, 2.45) is 7.05 Å². The number of hydrogen-bond acceptors (Lipinski definition) is 3. The summed E-state index contributed by atoms with van der Waals surface area (Å²) in [6.07, 6.45) is 0.171. The van der Waals surface area contributed by atoms with Gasteiger partial charge in [-0.2, -0.15) is 5.10 Å². The Balaban J connectivity index is 2.69. The van der Waals surface area contributed by atoms with E-state index in [4.69, 9.17) is 5.11 Å². The summed E-state index contributed by atoms with van der Waals surface area (Å²) < 4.78 is 1.85. The van der Waals surface area contributed by atoms with Crippen molar-refractivity contribution in [3.63, 3.8) is 0 Å². The molecule has 0 bridgehead atoms. The van der Waals surface area contributed by atoms with Crippen LogP contribution in [0.3, 0.4) is 0 Å². The normalized spacial score (nSPS) is 13.0. The van der Waals surface area contributed by atoms with E-state index in [2.05, 4.69) is 10.00 Å². The number of rotatable bonds is 6. The predicted molar refractivity (Wildman–Crippen MR) is 65.7 cm³/mol. The van der Waals surface area contributed by atoms with Crippen molar-refractivity contribution in [3.8, 4) is 0 Å². The van der Waals surface area contributed by atoms with Crippen molar-refractivity contribution in [3.05, 3.63) is 17.5 Å². The Labute approximate surface area is 102 Å². The Morgan fingerprint density at radius 3 is 2.71 bits per heavy atom. The number of hydrogen-bond donors (Lipinski definition) is 1. The van der Waals surface area contributed by atoms with Gasteiger partial charge in [0.15, 0.2) is 0 Å². The molecule has 1 rings (SSSR count). The summed E-state index contributed by atoms with van der Waals surface area (Å²) in [5.41, 5.74) is 2.10. The third-order valence-electron chi connectivity index (χ3n) is 2.96. The van der Waals surface area contributed by atoms with E-state index in [1.54, 1.807) is 0 Å². The molecule has 1 heterocycles. The summed E-state index contributed by atoms with van der Waals surface area (Å²) in [6.45, 7) is 7.52. The summed E-state index contributed by atoms with van der Waals surface area (Å²) in [4.78, 5) is 12.9. The number of carboxylic acid groups (broad SMARTS) is 1. The van der Waals surface area contributed by atoms with E-state index in [1.165, 1.54) is 0 Å². The van der Waals surface area contributed by atoms with E-state index in [0.717, 1.165) is 24.5 Å². The standard InChI is InChI=1S/C12H21N3O2/c1-5-15(10(3)7-12(16)17)8-11-6-9(2)13-14(11)4/h6,10H,5,7-8H2,1-4H3,(H,16,17). The Kier molecular flexibility index (Phi) is 4.69. The number of aromatic nitrogens is 2. The molecular formula is C12H21N3O2. The highest BCUT2D eigenvalue weighted by atomic mass is 16.4. The third-order valence-corrected chi connectivity index (χ3v) is 2.96. The molecule has 0 fully saturated rings. The Hall–Kier alpha value is -1.36. The molecule has 17 heavy (non-hydrogen) atoms. The quantitative estimate of drug-likeness (QED) is 0.815. The second-order valence-corrected chi connectivity index (χ2v) is 4.41. The second kappa shape index (κ2) is 5.82. The van der Waals surface area contributed by atoms with Crippen LogP contribution in [0.1, 0.15) is 31.7 Å². The van der Waals surface area contributed by atoms with Crippen LogP contribution in [0.15, 0.2) is 6.07 Å². The van der Waals surface area contributed by atoms with Gasteiger partial charge in [-0.3, -0.25) is 14.4 Å². The number of aliphatic carboxylic acids is 1. The van der Waals surface area contributed by atoms with Gasteiger partial charge in [0.25, 0.3) is 0 Å². The highest BCUT2D eigenvalue weighted by Crippen LogP contribution is 2.11. The lowest BCUT2D eigenvalue weighted by molar-refractivity contribution is -0.138. The van der Waals surface area contributed by atoms with Crippen molar-refractivity contribution < 1.29 is 9.90 Å². The second-order valence-electron chi connectivity index (χ2n) is 4.41. The smallest absolute Gasteiger partial charge is 0.304 e. The van der Waals surface area contributed by atoms with E-state index in [9.17, 15) is 4.79 Å². The molecule has 0 aliphatic rings. The summed E-state index contributed by atoms with van der Waals surface area (Å²) in [7, 11) is 1.91. The zero-order valence-electron chi connectivity index (χ0n) is 11.0. The molecule has 0 radical (unpaired) electrons. The average molecular weight is 239 g/mol. The fourth-order valence-electron chi connectivity index (χ4n) is 1.98. The number of nitrogens with zero attached hydrogens (tertiary/aromatic N) is 3. The maximum absolute atomic E-state index is 10.7. The highest BCUT2D eigenvalue weighted by Gasteiger charge is 2.17. The predicted octanol–water partition coefficient (Wildman–Crippen LogP) is 1.41. The molecule has 1 N–H and O–H groups in total. The van der Waals surface area contributed by atoms with Crippen molar-refractivity contribution in [2.75, 3.05) is 6.54 Å². The molecular weight excluding hydrogens is 218 g/mol. The molecule has 0 spiro atoms. The first-order valence-electron chi connectivity index (χ1n) is 5.89. The molecule has 0 saturated heterocycles. The Morgan fingerprint density at radius 2 is 2.29 bits per heavy atom. The van der Waals surface area contributed by atoms with Crippen LogP contribution in [-0.4, -0.2) is 38.3 Å². The SMILES string of the molecule is CCN(Cc1cc(C)nn1C)C(C)CC(=O)O. The molecule has 0 amide bonds. The maximum atomic E-state index is 10.7. The maximum Gasteiger partial charge on any atom is 0.304 e. The molecule has 0 saturated carbocycles. The molecule has 1 aromatic heterocycles. The summed E-state index contributed by atoms with van der Waals surface area (Å²) in [6, 6.07) is 2.07. The van der Waals surface area contributed by atoms with E-state index >= 15 is 0 Å². The lowest BCUT2D eigenvalue weighted by Gasteiger charge is -2.26. The lowest BCUT2D eigenvalue weighted by Crippen LogP contribution is -2.34. The fourth-order valence-corrected chi connectivity index (χ4v) is 1.98. The van der Waals surface area contributed by atoms with Crippen molar-refractivity contribution in [1.82, 2.24) is 14.7 Å². The van der Waals surface area contributed by atoms with Gasteiger partial charge >= 0.3 is 5.97 Å². The summed E-state index contributed by atoms with van der Waals surface area (Å²) in [5, 5.41) is 13.1. The van der Waals surface area contributed by atoms with Crippen molar-refractivity contribution in [2.45, 2.75) is 39.8 Å². The van der Waals surface area contributed by atoms with Crippen LogP contribution in [0.25, 0.3) is 0 Å². The van der Waals surface area contributed by atoms with Gasteiger partial charge in [-0.15, -0.1) is 0 Å².